The van der Waals surface area contributed by atoms with Crippen molar-refractivity contribution in [1.29, 1.82) is 0 Å². The fourth-order valence-corrected chi connectivity index (χ4v) is 2.29. The van der Waals surface area contributed by atoms with E-state index in [1.807, 2.05) is 31.2 Å². The van der Waals surface area contributed by atoms with Gasteiger partial charge >= 0.3 is 0 Å². The van der Waals surface area contributed by atoms with Crippen molar-refractivity contribution in [3.63, 3.8) is 0 Å². The van der Waals surface area contributed by atoms with Crippen molar-refractivity contribution in [1.82, 2.24) is 5.32 Å². The molecular weight excluding hydrogens is 433 g/mol. The van der Waals surface area contributed by atoms with E-state index < -0.39 is 0 Å². The van der Waals surface area contributed by atoms with E-state index in [1.165, 1.54) is 0 Å². The van der Waals surface area contributed by atoms with Crippen LogP contribution in [0.2, 0.25) is 0 Å². The van der Waals surface area contributed by atoms with E-state index in [1.54, 1.807) is 7.11 Å². The number of methoxy groups -OCH3 is 1. The zero-order chi connectivity index (χ0) is 17.3. The lowest BCUT2D eigenvalue weighted by Crippen LogP contribution is -2.31. The van der Waals surface area contributed by atoms with Crippen LogP contribution in [0.25, 0.3) is 0 Å². The summed E-state index contributed by atoms with van der Waals surface area (Å²) in [5.41, 5.74) is 0.932. The second-order valence-corrected chi connectivity index (χ2v) is 6.20. The monoisotopic (exact) mass is 463 g/mol. The molecule has 0 unspecified atom stereocenters. The van der Waals surface area contributed by atoms with Crippen LogP contribution in [-0.2, 0) is 4.74 Å². The van der Waals surface area contributed by atoms with Gasteiger partial charge in [0.15, 0.2) is 5.96 Å². The molecule has 25 heavy (non-hydrogen) atoms. The Morgan fingerprint density at radius 3 is 2.76 bits per heavy atom. The molecule has 2 rings (SSSR count). The Bertz CT molecular complexity index is 536. The maximum Gasteiger partial charge on any atom is 0.195 e. The van der Waals surface area contributed by atoms with E-state index in [9.17, 15) is 5.11 Å². The van der Waals surface area contributed by atoms with Crippen LogP contribution in [0.3, 0.4) is 0 Å². The minimum absolute atomic E-state index is 0. The zero-order valence-electron chi connectivity index (χ0n) is 15.1. The van der Waals surface area contributed by atoms with Crippen LogP contribution in [0.4, 0.5) is 5.69 Å². The first-order valence-electron chi connectivity index (χ1n) is 8.59. The van der Waals surface area contributed by atoms with Crippen LogP contribution in [0.15, 0.2) is 29.3 Å². The third-order valence-electron chi connectivity index (χ3n) is 4.07. The molecule has 0 heterocycles. The number of halogens is 1. The molecule has 1 saturated carbocycles. The number of aliphatic hydroxyl groups is 1. The average Bonchev–Trinajstić information content (AvgIpc) is 3.38. The lowest BCUT2D eigenvalue weighted by atomic mass is 10.1. The van der Waals surface area contributed by atoms with Crippen LogP contribution < -0.4 is 15.4 Å². The number of ether oxygens (including phenoxy) is 2. The Balaban J connectivity index is 0.00000312. The summed E-state index contributed by atoms with van der Waals surface area (Å²) >= 11 is 0. The molecule has 0 spiro atoms. The Morgan fingerprint density at radius 2 is 2.12 bits per heavy atom. The zero-order valence-corrected chi connectivity index (χ0v) is 17.4. The molecule has 1 aromatic carbocycles. The molecule has 7 heteroatoms. The molecule has 1 aliphatic carbocycles. The smallest absolute Gasteiger partial charge is 0.195 e. The van der Waals surface area contributed by atoms with Gasteiger partial charge in [0.2, 0.25) is 0 Å². The van der Waals surface area contributed by atoms with Gasteiger partial charge in [-0.25, -0.2) is 0 Å². The topological polar surface area (TPSA) is 75.1 Å². The molecular formula is C18H30IN3O3. The Labute approximate surface area is 167 Å². The first kappa shape index (κ1) is 22.0. The molecule has 3 N–H and O–H groups in total. The van der Waals surface area contributed by atoms with E-state index in [-0.39, 0.29) is 36.0 Å². The standard InChI is InChI=1S/C18H29N3O3.HI/c1-3-19-17(20-13-18(14-22)8-9-18)21-15-6-4-7-16(12-15)24-11-5-10-23-2;/h4,6-7,12,22H,3,5,8-11,13-14H2,1-2H3,(H2,19,20,21);1H. The number of nitrogens with zero attached hydrogens (tertiary/aromatic N) is 1. The Hall–Kier alpha value is -1.06. The highest BCUT2D eigenvalue weighted by atomic mass is 127. The van der Waals surface area contributed by atoms with Crippen molar-refractivity contribution in [2.45, 2.75) is 26.2 Å². The fraction of sp³-hybridized carbons (Fsp3) is 0.611. The van der Waals surface area contributed by atoms with E-state index in [0.717, 1.165) is 43.2 Å². The third kappa shape index (κ3) is 7.79. The summed E-state index contributed by atoms with van der Waals surface area (Å²) in [6.45, 7) is 5.00. The lowest BCUT2D eigenvalue weighted by molar-refractivity contribution is 0.172. The largest absolute Gasteiger partial charge is 0.493 e. The summed E-state index contributed by atoms with van der Waals surface area (Å²) in [6.07, 6.45) is 2.97. The van der Waals surface area contributed by atoms with E-state index in [2.05, 4.69) is 15.6 Å². The highest BCUT2D eigenvalue weighted by molar-refractivity contribution is 14.0. The van der Waals surface area contributed by atoms with Crippen molar-refractivity contribution in [3.05, 3.63) is 24.3 Å². The number of anilines is 1. The van der Waals surface area contributed by atoms with Crippen LogP contribution >= 0.6 is 24.0 Å². The van der Waals surface area contributed by atoms with Gasteiger partial charge in [0, 0.05) is 43.9 Å². The number of hydrogen-bond acceptors (Lipinski definition) is 4. The molecule has 6 nitrogen and oxygen atoms in total. The van der Waals surface area contributed by atoms with Gasteiger partial charge in [-0.3, -0.25) is 4.99 Å². The molecule has 0 saturated heterocycles. The first-order chi connectivity index (χ1) is 11.7. The summed E-state index contributed by atoms with van der Waals surface area (Å²) in [4.78, 5) is 4.61. The summed E-state index contributed by atoms with van der Waals surface area (Å²) in [6, 6.07) is 7.83. The molecule has 0 aliphatic heterocycles. The number of aliphatic hydroxyl groups excluding tert-OH is 1. The Kier molecular flexibility index (Phi) is 10.1. The van der Waals surface area contributed by atoms with E-state index in [0.29, 0.717) is 19.8 Å². The van der Waals surface area contributed by atoms with E-state index in [4.69, 9.17) is 9.47 Å². The lowest BCUT2D eigenvalue weighted by Gasteiger charge is -2.14. The molecule has 0 bridgehead atoms. The first-order valence-corrected chi connectivity index (χ1v) is 8.59. The van der Waals surface area contributed by atoms with Gasteiger partial charge in [0.1, 0.15) is 5.75 Å². The van der Waals surface area contributed by atoms with Crippen LogP contribution in [0.1, 0.15) is 26.2 Å². The summed E-state index contributed by atoms with van der Waals surface area (Å²) in [5.74, 6) is 1.55. The second kappa shape index (κ2) is 11.5. The maximum atomic E-state index is 9.41. The average molecular weight is 463 g/mol. The molecule has 1 aliphatic rings. The van der Waals surface area contributed by atoms with Gasteiger partial charge in [-0.05, 0) is 31.9 Å². The molecule has 1 aromatic rings. The number of hydrogen-bond donors (Lipinski definition) is 3. The molecule has 0 atom stereocenters. The number of rotatable bonds is 10. The minimum atomic E-state index is 0. The number of benzene rings is 1. The predicted molar refractivity (Wildman–Crippen MR) is 112 cm³/mol. The van der Waals surface area contributed by atoms with Crippen molar-refractivity contribution < 1.29 is 14.6 Å². The number of aliphatic imine (C=N–C) groups is 1. The van der Waals surface area contributed by atoms with Crippen LogP contribution in [0.5, 0.6) is 5.75 Å². The summed E-state index contributed by atoms with van der Waals surface area (Å²) < 4.78 is 10.7. The SMILES string of the molecule is CCNC(=NCC1(CO)CC1)Nc1cccc(OCCCOC)c1.I. The van der Waals surface area contributed by atoms with Gasteiger partial charge in [0.25, 0.3) is 0 Å². The van der Waals surface area contributed by atoms with Crippen LogP contribution in [-0.4, -0.2) is 51.1 Å². The number of guanidine groups is 1. The van der Waals surface area contributed by atoms with Gasteiger partial charge in [0.05, 0.1) is 19.8 Å². The fourth-order valence-electron chi connectivity index (χ4n) is 2.29. The number of nitrogens with one attached hydrogen (secondary N) is 2. The second-order valence-electron chi connectivity index (χ2n) is 6.20. The highest BCUT2D eigenvalue weighted by Crippen LogP contribution is 2.45. The summed E-state index contributed by atoms with van der Waals surface area (Å²) in [7, 11) is 1.69. The van der Waals surface area contributed by atoms with Crippen LogP contribution in [0, 0.1) is 5.41 Å². The molecule has 1 fully saturated rings. The quantitative estimate of drug-likeness (QED) is 0.215. The van der Waals surface area contributed by atoms with Gasteiger partial charge < -0.3 is 25.2 Å². The predicted octanol–water partition coefficient (Wildman–Crippen LogP) is 2.87. The van der Waals surface area contributed by atoms with Gasteiger partial charge in [-0.2, -0.15) is 0 Å². The summed E-state index contributed by atoms with van der Waals surface area (Å²) in [5, 5.41) is 15.9. The third-order valence-corrected chi connectivity index (χ3v) is 4.07. The molecule has 0 amide bonds. The highest BCUT2D eigenvalue weighted by Gasteiger charge is 2.41. The maximum absolute atomic E-state index is 9.41. The van der Waals surface area contributed by atoms with Crippen molar-refractivity contribution in [3.8, 4) is 5.75 Å². The van der Waals surface area contributed by atoms with Crippen molar-refractivity contribution in [2.24, 2.45) is 10.4 Å². The van der Waals surface area contributed by atoms with Gasteiger partial charge in [-0.15, -0.1) is 24.0 Å². The van der Waals surface area contributed by atoms with Crippen molar-refractivity contribution in [2.75, 3.05) is 45.3 Å². The molecule has 0 aromatic heterocycles. The van der Waals surface area contributed by atoms with E-state index >= 15 is 0 Å². The minimum Gasteiger partial charge on any atom is -0.493 e. The van der Waals surface area contributed by atoms with Gasteiger partial charge in [-0.1, -0.05) is 6.07 Å². The van der Waals surface area contributed by atoms with Crippen molar-refractivity contribution >= 4 is 35.6 Å². The molecule has 0 radical (unpaired) electrons. The normalized spacial score (nSPS) is 15.2. The Morgan fingerprint density at radius 1 is 1.32 bits per heavy atom. The molecule has 142 valence electrons.